The van der Waals surface area contributed by atoms with E-state index in [2.05, 4.69) is 15.6 Å². The fourth-order valence-corrected chi connectivity index (χ4v) is 4.31. The number of hydrogen-bond donors (Lipinski definition) is 2. The van der Waals surface area contributed by atoms with Crippen molar-refractivity contribution in [1.82, 2.24) is 14.9 Å². The lowest BCUT2D eigenvalue weighted by Crippen LogP contribution is -2.34. The van der Waals surface area contributed by atoms with Gasteiger partial charge in [0.1, 0.15) is 18.0 Å². The summed E-state index contributed by atoms with van der Waals surface area (Å²) < 4.78 is 6.85. The second kappa shape index (κ2) is 11.0. The van der Waals surface area contributed by atoms with Crippen molar-refractivity contribution in [2.24, 2.45) is 0 Å². The van der Waals surface area contributed by atoms with Gasteiger partial charge in [-0.2, -0.15) is 0 Å². The van der Waals surface area contributed by atoms with Crippen LogP contribution in [0.1, 0.15) is 44.7 Å². The number of amides is 2. The molecule has 1 aromatic heterocycles. The van der Waals surface area contributed by atoms with Crippen LogP contribution in [-0.2, 0) is 22.6 Å². The molecule has 1 aliphatic carbocycles. The smallest absolute Gasteiger partial charge is 0.273 e. The number of aromatic nitrogens is 2. The Labute approximate surface area is 198 Å². The van der Waals surface area contributed by atoms with E-state index in [-0.39, 0.29) is 48.5 Å². The molecule has 1 aliphatic rings. The molecule has 3 aromatic rings. The van der Waals surface area contributed by atoms with Crippen LogP contribution in [0.5, 0.6) is 5.75 Å². The molecule has 0 saturated heterocycles. The molecule has 4 rings (SSSR count). The summed E-state index contributed by atoms with van der Waals surface area (Å²) in [5.41, 5.74) is 1.74. The molecule has 2 N–H and O–H groups in total. The van der Waals surface area contributed by atoms with Crippen molar-refractivity contribution in [3.05, 3.63) is 64.6 Å². The van der Waals surface area contributed by atoms with Gasteiger partial charge < -0.3 is 15.4 Å². The van der Waals surface area contributed by atoms with E-state index in [4.69, 9.17) is 4.74 Å². The predicted octanol–water partition coefficient (Wildman–Crippen LogP) is 3.43. The highest BCUT2D eigenvalue weighted by Crippen LogP contribution is 2.18. The summed E-state index contributed by atoms with van der Waals surface area (Å²) >= 11 is 0. The standard InChI is InChI=1S/C26H30N4O4/c1-2-34-20-13-11-19(12-14-20)28-25(32)17-30-23-10-6-5-9-21(23)29-22(26(30)33)15-16-24(31)27-18-7-3-4-8-18/h5-6,9-14,18H,2-4,7-8,15-17H2,1H3,(H,27,31)(H,28,32). The van der Waals surface area contributed by atoms with Crippen LogP contribution >= 0.6 is 0 Å². The Morgan fingerprint density at radius 1 is 1.06 bits per heavy atom. The van der Waals surface area contributed by atoms with E-state index in [1.54, 1.807) is 42.5 Å². The molecule has 178 valence electrons. The Morgan fingerprint density at radius 3 is 2.53 bits per heavy atom. The quantitative estimate of drug-likeness (QED) is 0.507. The van der Waals surface area contributed by atoms with Gasteiger partial charge in [-0.3, -0.25) is 19.0 Å². The van der Waals surface area contributed by atoms with Gasteiger partial charge in [0, 0.05) is 24.6 Å². The lowest BCUT2D eigenvalue weighted by Gasteiger charge is -2.14. The van der Waals surface area contributed by atoms with Gasteiger partial charge in [-0.25, -0.2) is 4.98 Å². The molecular weight excluding hydrogens is 432 g/mol. The summed E-state index contributed by atoms with van der Waals surface area (Å²) in [7, 11) is 0. The average Bonchev–Trinajstić information content (AvgIpc) is 3.34. The van der Waals surface area contributed by atoms with E-state index in [0.717, 1.165) is 31.4 Å². The van der Waals surface area contributed by atoms with E-state index in [9.17, 15) is 14.4 Å². The number of nitrogens with one attached hydrogen (secondary N) is 2. The van der Waals surface area contributed by atoms with Crippen molar-refractivity contribution in [1.29, 1.82) is 0 Å². The first-order valence-electron chi connectivity index (χ1n) is 11.8. The fourth-order valence-electron chi connectivity index (χ4n) is 4.31. The summed E-state index contributed by atoms with van der Waals surface area (Å²) in [6, 6.07) is 14.5. The number of fused-ring (bicyclic) bond motifs is 1. The maximum Gasteiger partial charge on any atom is 0.273 e. The van der Waals surface area contributed by atoms with Crippen LogP contribution in [0, 0.1) is 0 Å². The van der Waals surface area contributed by atoms with Crippen LogP contribution in [0.25, 0.3) is 11.0 Å². The molecule has 0 atom stereocenters. The monoisotopic (exact) mass is 462 g/mol. The highest BCUT2D eigenvalue weighted by atomic mass is 16.5. The Morgan fingerprint density at radius 2 is 1.79 bits per heavy atom. The molecule has 8 heteroatoms. The third-order valence-corrected chi connectivity index (χ3v) is 5.98. The molecular formula is C26H30N4O4. The van der Waals surface area contributed by atoms with Crippen LogP contribution in [0.2, 0.25) is 0 Å². The molecule has 2 amide bonds. The first kappa shape index (κ1) is 23.5. The molecule has 1 fully saturated rings. The van der Waals surface area contributed by atoms with Crippen LogP contribution in [0.4, 0.5) is 5.69 Å². The molecule has 34 heavy (non-hydrogen) atoms. The number of anilines is 1. The third-order valence-electron chi connectivity index (χ3n) is 5.98. The normalized spacial score (nSPS) is 13.7. The molecule has 0 unspecified atom stereocenters. The van der Waals surface area contributed by atoms with Crippen molar-refractivity contribution in [3.63, 3.8) is 0 Å². The summed E-state index contributed by atoms with van der Waals surface area (Å²) in [6.07, 6.45) is 4.71. The highest BCUT2D eigenvalue weighted by Gasteiger charge is 2.19. The molecule has 0 aliphatic heterocycles. The van der Waals surface area contributed by atoms with E-state index in [0.29, 0.717) is 23.3 Å². The molecule has 0 spiro atoms. The molecule has 8 nitrogen and oxygen atoms in total. The number of carbonyl (C=O) groups excluding carboxylic acids is 2. The third kappa shape index (κ3) is 5.81. The van der Waals surface area contributed by atoms with Crippen LogP contribution in [0.15, 0.2) is 53.3 Å². The topological polar surface area (TPSA) is 102 Å². The Kier molecular flexibility index (Phi) is 7.57. The van der Waals surface area contributed by atoms with Crippen LogP contribution < -0.4 is 20.9 Å². The van der Waals surface area contributed by atoms with E-state index in [1.807, 2.05) is 13.0 Å². The number of para-hydroxylation sites is 2. The second-order valence-electron chi connectivity index (χ2n) is 8.49. The zero-order chi connectivity index (χ0) is 23.9. The number of aryl methyl sites for hydroxylation is 1. The largest absolute Gasteiger partial charge is 0.494 e. The average molecular weight is 463 g/mol. The molecule has 0 bridgehead atoms. The van der Waals surface area contributed by atoms with Crippen molar-refractivity contribution < 1.29 is 14.3 Å². The van der Waals surface area contributed by atoms with E-state index < -0.39 is 0 Å². The fraction of sp³-hybridized carbons (Fsp3) is 0.385. The van der Waals surface area contributed by atoms with E-state index >= 15 is 0 Å². The van der Waals surface area contributed by atoms with Gasteiger partial charge in [0.15, 0.2) is 0 Å². The van der Waals surface area contributed by atoms with Gasteiger partial charge in [-0.15, -0.1) is 0 Å². The number of nitrogens with zero attached hydrogens (tertiary/aromatic N) is 2. The Bertz CT molecular complexity index is 1210. The maximum absolute atomic E-state index is 13.2. The lowest BCUT2D eigenvalue weighted by atomic mass is 10.2. The van der Waals surface area contributed by atoms with Gasteiger partial charge in [-0.1, -0.05) is 25.0 Å². The SMILES string of the molecule is CCOc1ccc(NC(=O)Cn2c(=O)c(CCC(=O)NC3CCCC3)nc3ccccc32)cc1. The van der Waals surface area contributed by atoms with Crippen molar-refractivity contribution in [2.75, 3.05) is 11.9 Å². The minimum Gasteiger partial charge on any atom is -0.494 e. The summed E-state index contributed by atoms with van der Waals surface area (Å²) in [4.78, 5) is 42.8. The van der Waals surface area contributed by atoms with Gasteiger partial charge in [-0.05, 0) is 56.2 Å². The number of hydrogen-bond acceptors (Lipinski definition) is 5. The molecule has 1 saturated carbocycles. The van der Waals surface area contributed by atoms with Gasteiger partial charge >= 0.3 is 0 Å². The van der Waals surface area contributed by atoms with Gasteiger partial charge in [0.25, 0.3) is 5.56 Å². The minimum absolute atomic E-state index is 0.0685. The molecule has 1 heterocycles. The summed E-state index contributed by atoms with van der Waals surface area (Å²) in [5.74, 6) is 0.326. The molecule has 2 aromatic carbocycles. The maximum atomic E-state index is 13.2. The zero-order valence-corrected chi connectivity index (χ0v) is 19.4. The predicted molar refractivity (Wildman–Crippen MR) is 131 cm³/mol. The van der Waals surface area contributed by atoms with Crippen molar-refractivity contribution >= 4 is 28.5 Å². The second-order valence-corrected chi connectivity index (χ2v) is 8.49. The van der Waals surface area contributed by atoms with Crippen LogP contribution in [0.3, 0.4) is 0 Å². The first-order valence-corrected chi connectivity index (χ1v) is 11.8. The number of benzene rings is 2. The van der Waals surface area contributed by atoms with E-state index in [1.165, 1.54) is 4.57 Å². The first-order chi connectivity index (χ1) is 16.5. The summed E-state index contributed by atoms with van der Waals surface area (Å²) in [6.45, 7) is 2.31. The van der Waals surface area contributed by atoms with Gasteiger partial charge in [0.05, 0.1) is 17.6 Å². The van der Waals surface area contributed by atoms with Crippen molar-refractivity contribution in [2.45, 2.75) is 58.0 Å². The van der Waals surface area contributed by atoms with Gasteiger partial charge in [0.2, 0.25) is 11.8 Å². The minimum atomic E-state index is -0.353. The lowest BCUT2D eigenvalue weighted by molar-refractivity contribution is -0.121. The molecule has 0 radical (unpaired) electrons. The highest BCUT2D eigenvalue weighted by molar-refractivity contribution is 5.91. The summed E-state index contributed by atoms with van der Waals surface area (Å²) in [5, 5.41) is 5.87. The zero-order valence-electron chi connectivity index (χ0n) is 19.4. The Balaban J connectivity index is 1.49. The van der Waals surface area contributed by atoms with Crippen molar-refractivity contribution in [3.8, 4) is 5.75 Å². The number of carbonyl (C=O) groups is 2. The van der Waals surface area contributed by atoms with Crippen LogP contribution in [-0.4, -0.2) is 34.0 Å². The number of ether oxygens (including phenoxy) is 1. The number of rotatable bonds is 9. The Hall–Kier alpha value is -3.68.